The molecular weight excluding hydrogens is 357 g/mol. The Kier molecular flexibility index (Phi) is 5.41. The zero-order chi connectivity index (χ0) is 19.5. The molecule has 2 aromatic carbocycles. The minimum absolute atomic E-state index is 0.220. The van der Waals surface area contributed by atoms with Crippen molar-refractivity contribution in [3.05, 3.63) is 59.4 Å². The quantitative estimate of drug-likeness (QED) is 0.809. The lowest BCUT2D eigenvalue weighted by Crippen LogP contribution is -2.45. The first kappa shape index (κ1) is 18.7. The Morgan fingerprint density at radius 3 is 2.79 bits per heavy atom. The molecule has 146 valence electrons. The van der Waals surface area contributed by atoms with Crippen LogP contribution in [0.2, 0.25) is 0 Å². The fraction of sp³-hybridized carbons (Fsp3) is 0.318. The van der Waals surface area contributed by atoms with E-state index in [-0.39, 0.29) is 11.7 Å². The molecule has 2 aromatic rings. The van der Waals surface area contributed by atoms with Crippen molar-refractivity contribution in [2.75, 3.05) is 51.7 Å². The van der Waals surface area contributed by atoms with Gasteiger partial charge in [0.1, 0.15) is 18.2 Å². The van der Waals surface area contributed by atoms with Gasteiger partial charge in [-0.15, -0.1) is 0 Å². The van der Waals surface area contributed by atoms with Crippen LogP contribution in [0.25, 0.3) is 11.6 Å². The molecule has 28 heavy (non-hydrogen) atoms. The number of anilines is 1. The van der Waals surface area contributed by atoms with Crippen LogP contribution in [0, 0.1) is 5.82 Å². The van der Waals surface area contributed by atoms with Crippen LogP contribution in [0.3, 0.4) is 0 Å². The summed E-state index contributed by atoms with van der Waals surface area (Å²) < 4.78 is 19.5. The predicted octanol–water partition coefficient (Wildman–Crippen LogP) is 2.94. The number of nitrogens with one attached hydrogen (secondary N) is 1. The number of hydrogen-bond acceptors (Lipinski definition) is 4. The van der Waals surface area contributed by atoms with E-state index in [4.69, 9.17) is 4.74 Å². The minimum atomic E-state index is -0.359. The van der Waals surface area contributed by atoms with Crippen LogP contribution in [0.1, 0.15) is 11.1 Å². The van der Waals surface area contributed by atoms with Crippen molar-refractivity contribution in [3.63, 3.8) is 0 Å². The number of carbonyl (C=O) groups excluding carboxylic acids is 1. The van der Waals surface area contributed by atoms with Gasteiger partial charge in [0.15, 0.2) is 0 Å². The number of nitrogens with zero attached hydrogens (tertiary/aromatic N) is 2. The van der Waals surface area contributed by atoms with Crippen LogP contribution in [-0.4, -0.2) is 62.1 Å². The van der Waals surface area contributed by atoms with Crippen molar-refractivity contribution in [2.24, 2.45) is 0 Å². The summed E-state index contributed by atoms with van der Waals surface area (Å²) >= 11 is 0. The van der Waals surface area contributed by atoms with E-state index in [0.29, 0.717) is 23.4 Å². The second-order valence-corrected chi connectivity index (χ2v) is 7.27. The smallest absolute Gasteiger partial charge is 0.256 e. The summed E-state index contributed by atoms with van der Waals surface area (Å²) in [6, 6.07) is 11.9. The van der Waals surface area contributed by atoms with Gasteiger partial charge in [-0.05, 0) is 49.0 Å². The highest BCUT2D eigenvalue weighted by Crippen LogP contribution is 2.33. The molecule has 0 saturated carbocycles. The Bertz CT molecular complexity index is 904. The molecule has 0 aliphatic carbocycles. The lowest BCUT2D eigenvalue weighted by atomic mass is 10.0. The van der Waals surface area contributed by atoms with Crippen molar-refractivity contribution >= 4 is 23.2 Å². The van der Waals surface area contributed by atoms with Gasteiger partial charge >= 0.3 is 0 Å². The van der Waals surface area contributed by atoms with Crippen molar-refractivity contribution < 1.29 is 13.9 Å². The van der Waals surface area contributed by atoms with Gasteiger partial charge in [-0.1, -0.05) is 12.1 Å². The molecule has 5 nitrogen and oxygen atoms in total. The molecule has 0 radical (unpaired) electrons. The average molecular weight is 381 g/mol. The summed E-state index contributed by atoms with van der Waals surface area (Å²) in [6.45, 7) is 5.83. The zero-order valence-electron chi connectivity index (χ0n) is 16.0. The number of ether oxygens (including phenoxy) is 1. The van der Waals surface area contributed by atoms with Crippen molar-refractivity contribution in [2.45, 2.75) is 0 Å². The SMILES string of the molecule is CN1CCN(CCOc2cccc(C=C3C(=O)Nc4ccc(F)cc43)c2)CC1. The molecule has 0 unspecified atom stereocenters. The predicted molar refractivity (Wildman–Crippen MR) is 109 cm³/mol. The van der Waals surface area contributed by atoms with E-state index in [0.717, 1.165) is 44.0 Å². The number of amides is 1. The molecule has 1 N–H and O–H groups in total. The maximum atomic E-state index is 13.6. The van der Waals surface area contributed by atoms with Gasteiger partial charge in [0.05, 0.1) is 0 Å². The van der Waals surface area contributed by atoms with Crippen LogP contribution in [-0.2, 0) is 4.79 Å². The van der Waals surface area contributed by atoms with Gasteiger partial charge < -0.3 is 15.0 Å². The molecule has 2 aliphatic rings. The fourth-order valence-corrected chi connectivity index (χ4v) is 3.53. The van der Waals surface area contributed by atoms with Crippen molar-refractivity contribution in [1.29, 1.82) is 0 Å². The van der Waals surface area contributed by atoms with Crippen LogP contribution >= 0.6 is 0 Å². The third-order valence-corrected chi connectivity index (χ3v) is 5.21. The van der Waals surface area contributed by atoms with E-state index in [1.54, 1.807) is 12.1 Å². The first-order valence-corrected chi connectivity index (χ1v) is 9.55. The van der Waals surface area contributed by atoms with Gasteiger partial charge in [0.2, 0.25) is 0 Å². The second kappa shape index (κ2) is 8.12. The third kappa shape index (κ3) is 4.24. The topological polar surface area (TPSA) is 44.8 Å². The van der Waals surface area contributed by atoms with Gasteiger partial charge in [0.25, 0.3) is 5.91 Å². The Balaban J connectivity index is 1.42. The number of rotatable bonds is 5. The molecule has 0 atom stereocenters. The maximum Gasteiger partial charge on any atom is 0.256 e. The van der Waals surface area contributed by atoms with Crippen molar-refractivity contribution in [1.82, 2.24) is 9.80 Å². The molecule has 1 fully saturated rings. The Labute approximate surface area is 164 Å². The molecule has 2 heterocycles. The molecule has 1 amide bonds. The average Bonchev–Trinajstić information content (AvgIpc) is 2.99. The Morgan fingerprint density at radius 1 is 1.14 bits per heavy atom. The summed E-state index contributed by atoms with van der Waals surface area (Å²) in [7, 11) is 2.14. The van der Waals surface area contributed by atoms with Gasteiger partial charge in [-0.2, -0.15) is 0 Å². The van der Waals surface area contributed by atoms with E-state index >= 15 is 0 Å². The van der Waals surface area contributed by atoms with E-state index in [2.05, 4.69) is 22.2 Å². The number of piperazine rings is 1. The lowest BCUT2D eigenvalue weighted by molar-refractivity contribution is -0.110. The molecule has 0 spiro atoms. The summed E-state index contributed by atoms with van der Waals surface area (Å²) in [5.74, 6) is 0.186. The number of carbonyl (C=O) groups is 1. The number of likely N-dealkylation sites (N-methyl/N-ethyl adjacent to an activating group) is 1. The summed E-state index contributed by atoms with van der Waals surface area (Å²) in [6.07, 6.45) is 1.77. The van der Waals surface area contributed by atoms with E-state index < -0.39 is 0 Å². The summed E-state index contributed by atoms with van der Waals surface area (Å²) in [4.78, 5) is 17.0. The standard InChI is InChI=1S/C22H24FN3O2/c1-25-7-9-26(10-8-25)11-12-28-18-4-2-3-16(13-18)14-20-19-15-17(23)5-6-21(19)24-22(20)27/h2-6,13-15H,7-12H2,1H3,(H,24,27). The van der Waals surface area contributed by atoms with Gasteiger partial charge in [0, 0.05) is 49.5 Å². The largest absolute Gasteiger partial charge is 0.492 e. The van der Waals surface area contributed by atoms with Crippen LogP contribution in [0.15, 0.2) is 42.5 Å². The van der Waals surface area contributed by atoms with Crippen molar-refractivity contribution in [3.8, 4) is 5.75 Å². The first-order chi connectivity index (χ1) is 13.6. The highest BCUT2D eigenvalue weighted by Gasteiger charge is 2.24. The molecule has 1 saturated heterocycles. The maximum absolute atomic E-state index is 13.6. The second-order valence-electron chi connectivity index (χ2n) is 7.27. The first-order valence-electron chi connectivity index (χ1n) is 9.55. The Morgan fingerprint density at radius 2 is 1.96 bits per heavy atom. The zero-order valence-corrected chi connectivity index (χ0v) is 16.0. The third-order valence-electron chi connectivity index (χ3n) is 5.21. The normalized spacial score (nSPS) is 18.9. The van der Waals surface area contributed by atoms with Crippen LogP contribution in [0.4, 0.5) is 10.1 Å². The number of hydrogen-bond donors (Lipinski definition) is 1. The monoisotopic (exact) mass is 381 g/mol. The van der Waals surface area contributed by atoms with E-state index in [9.17, 15) is 9.18 Å². The molecule has 4 rings (SSSR count). The fourth-order valence-electron chi connectivity index (χ4n) is 3.53. The lowest BCUT2D eigenvalue weighted by Gasteiger charge is -2.32. The van der Waals surface area contributed by atoms with Crippen LogP contribution in [0.5, 0.6) is 5.75 Å². The molecule has 6 heteroatoms. The highest BCUT2D eigenvalue weighted by molar-refractivity contribution is 6.34. The molecule has 0 bridgehead atoms. The molecule has 0 aromatic heterocycles. The molecule has 2 aliphatic heterocycles. The molecular formula is C22H24FN3O2. The Hall–Kier alpha value is -2.70. The number of benzene rings is 2. The summed E-state index contributed by atoms with van der Waals surface area (Å²) in [5.41, 5.74) is 2.53. The summed E-state index contributed by atoms with van der Waals surface area (Å²) in [5, 5.41) is 2.77. The van der Waals surface area contributed by atoms with E-state index in [1.165, 1.54) is 12.1 Å². The van der Waals surface area contributed by atoms with Gasteiger partial charge in [-0.25, -0.2) is 4.39 Å². The number of halogens is 1. The highest BCUT2D eigenvalue weighted by atomic mass is 19.1. The van der Waals surface area contributed by atoms with E-state index in [1.807, 2.05) is 24.3 Å². The minimum Gasteiger partial charge on any atom is -0.492 e. The van der Waals surface area contributed by atoms with Gasteiger partial charge in [-0.3, -0.25) is 9.69 Å². The van der Waals surface area contributed by atoms with Crippen LogP contribution < -0.4 is 10.1 Å². The number of fused-ring (bicyclic) bond motifs is 1.